The summed E-state index contributed by atoms with van der Waals surface area (Å²) in [6, 6.07) is 7.26. The van der Waals surface area contributed by atoms with Crippen molar-refractivity contribution in [1.82, 2.24) is 15.3 Å². The summed E-state index contributed by atoms with van der Waals surface area (Å²) in [5, 5.41) is 2.75. The standard InChI is InChI=1S/C23H18Cl2F5N3O2/c1-12-31-11-19(35-17-4-2-3-15(9-17)23(28,29)30)20(32-12)22(34)33-16(10-24)7-13-5-6-14(21(26)27)8-18(13)25/h2-6,8-9,11,16,21H,7,10H2,1H3,(H,33,34)/t16-/m1/s1. The van der Waals surface area contributed by atoms with Gasteiger partial charge in [0.1, 0.15) is 11.6 Å². The van der Waals surface area contributed by atoms with Gasteiger partial charge in [-0.1, -0.05) is 29.8 Å². The number of rotatable bonds is 8. The van der Waals surface area contributed by atoms with E-state index in [2.05, 4.69) is 15.3 Å². The van der Waals surface area contributed by atoms with Gasteiger partial charge in [-0.2, -0.15) is 13.2 Å². The molecule has 3 rings (SSSR count). The van der Waals surface area contributed by atoms with Crippen molar-refractivity contribution in [3.8, 4) is 11.5 Å². The van der Waals surface area contributed by atoms with Gasteiger partial charge in [-0.15, -0.1) is 11.6 Å². The van der Waals surface area contributed by atoms with Crippen molar-refractivity contribution in [1.29, 1.82) is 0 Å². The molecule has 0 saturated carbocycles. The number of aromatic nitrogens is 2. The van der Waals surface area contributed by atoms with Crippen LogP contribution < -0.4 is 10.1 Å². The molecule has 2 aromatic carbocycles. The van der Waals surface area contributed by atoms with Gasteiger partial charge in [0.05, 0.1) is 11.8 Å². The molecule has 0 aliphatic rings. The van der Waals surface area contributed by atoms with E-state index in [-0.39, 0.29) is 45.9 Å². The third-order valence-electron chi connectivity index (χ3n) is 4.80. The molecule has 0 saturated heterocycles. The number of nitrogens with zero attached hydrogens (tertiary/aromatic N) is 2. The molecule has 0 bridgehead atoms. The highest BCUT2D eigenvalue weighted by Gasteiger charge is 2.31. The highest BCUT2D eigenvalue weighted by atomic mass is 35.5. The fourth-order valence-electron chi connectivity index (χ4n) is 3.09. The Morgan fingerprint density at radius 2 is 1.91 bits per heavy atom. The van der Waals surface area contributed by atoms with Crippen LogP contribution in [0.2, 0.25) is 5.02 Å². The lowest BCUT2D eigenvalue weighted by Crippen LogP contribution is -2.38. The summed E-state index contributed by atoms with van der Waals surface area (Å²) in [4.78, 5) is 21.0. The number of carbonyl (C=O) groups excluding carboxylic acids is 1. The molecule has 0 spiro atoms. The average Bonchev–Trinajstić information content (AvgIpc) is 2.80. The number of hydrogen-bond acceptors (Lipinski definition) is 4. The Bertz CT molecular complexity index is 1210. The summed E-state index contributed by atoms with van der Waals surface area (Å²) < 4.78 is 70.3. The summed E-state index contributed by atoms with van der Waals surface area (Å²) in [5.41, 5.74) is -0.894. The summed E-state index contributed by atoms with van der Waals surface area (Å²) >= 11 is 12.1. The summed E-state index contributed by atoms with van der Waals surface area (Å²) in [6.07, 6.45) is -5.95. The van der Waals surface area contributed by atoms with E-state index in [1.165, 1.54) is 37.4 Å². The molecule has 0 fully saturated rings. The van der Waals surface area contributed by atoms with Crippen LogP contribution in [0, 0.1) is 6.92 Å². The van der Waals surface area contributed by atoms with Crippen molar-refractivity contribution in [3.05, 3.63) is 81.9 Å². The molecule has 3 aromatic rings. The van der Waals surface area contributed by atoms with Crippen LogP contribution in [0.1, 0.15) is 39.4 Å². The monoisotopic (exact) mass is 533 g/mol. The van der Waals surface area contributed by atoms with E-state index in [1.54, 1.807) is 0 Å². The minimum absolute atomic E-state index is 0.0491. The Hall–Kier alpha value is -2.98. The van der Waals surface area contributed by atoms with E-state index in [1.807, 2.05) is 0 Å². The number of benzene rings is 2. The lowest BCUT2D eigenvalue weighted by Gasteiger charge is -2.18. The largest absolute Gasteiger partial charge is 0.453 e. The Morgan fingerprint density at radius 1 is 1.17 bits per heavy atom. The molecule has 1 aromatic heterocycles. The third-order valence-corrected chi connectivity index (χ3v) is 5.52. The molecule has 186 valence electrons. The third kappa shape index (κ3) is 7.02. The first-order chi connectivity index (χ1) is 16.5. The molecule has 0 unspecified atom stereocenters. The van der Waals surface area contributed by atoms with Crippen molar-refractivity contribution in [2.45, 2.75) is 32.0 Å². The van der Waals surface area contributed by atoms with E-state index in [9.17, 15) is 26.7 Å². The average molecular weight is 534 g/mol. The van der Waals surface area contributed by atoms with Crippen LogP contribution in [0.3, 0.4) is 0 Å². The molecule has 1 amide bonds. The molecule has 0 aliphatic heterocycles. The molecule has 1 heterocycles. The lowest BCUT2D eigenvalue weighted by atomic mass is 10.0. The van der Waals surface area contributed by atoms with Gasteiger partial charge in [0, 0.05) is 22.5 Å². The predicted molar refractivity (Wildman–Crippen MR) is 120 cm³/mol. The predicted octanol–water partition coefficient (Wildman–Crippen LogP) is 6.77. The topological polar surface area (TPSA) is 64.1 Å². The number of ether oxygens (including phenoxy) is 1. The Balaban J connectivity index is 1.81. The number of amides is 1. The van der Waals surface area contributed by atoms with Gasteiger partial charge >= 0.3 is 6.18 Å². The second-order valence-electron chi connectivity index (χ2n) is 7.44. The maximum atomic E-state index is 13.0. The second kappa shape index (κ2) is 11.2. The van der Waals surface area contributed by atoms with Gasteiger partial charge in [0.15, 0.2) is 11.4 Å². The SMILES string of the molecule is Cc1ncc(Oc2cccc(C(F)(F)F)c2)c(C(=O)N[C@@H](CCl)Cc2ccc(C(F)F)cc2Cl)n1. The first-order valence-corrected chi connectivity index (χ1v) is 11.0. The Labute approximate surface area is 207 Å². The quantitative estimate of drug-likeness (QED) is 0.256. The summed E-state index contributed by atoms with van der Waals surface area (Å²) in [6.45, 7) is 1.52. The van der Waals surface area contributed by atoms with Crippen LogP contribution in [0.4, 0.5) is 22.0 Å². The minimum Gasteiger partial charge on any atom is -0.453 e. The maximum Gasteiger partial charge on any atom is 0.416 e. The van der Waals surface area contributed by atoms with Crippen molar-refractivity contribution in [2.75, 3.05) is 5.88 Å². The van der Waals surface area contributed by atoms with E-state index in [0.29, 0.717) is 5.56 Å². The van der Waals surface area contributed by atoms with Gasteiger partial charge in [0.2, 0.25) is 0 Å². The summed E-state index contributed by atoms with van der Waals surface area (Å²) in [7, 11) is 0. The van der Waals surface area contributed by atoms with Gasteiger partial charge < -0.3 is 10.1 Å². The molecule has 35 heavy (non-hydrogen) atoms. The van der Waals surface area contributed by atoms with Crippen molar-refractivity contribution in [3.63, 3.8) is 0 Å². The van der Waals surface area contributed by atoms with Crippen LogP contribution in [0.15, 0.2) is 48.7 Å². The van der Waals surface area contributed by atoms with Gasteiger partial charge in [0.25, 0.3) is 12.3 Å². The highest BCUT2D eigenvalue weighted by molar-refractivity contribution is 6.31. The number of carbonyl (C=O) groups is 1. The molecule has 1 atom stereocenters. The fourth-order valence-corrected chi connectivity index (χ4v) is 3.54. The van der Waals surface area contributed by atoms with Crippen LogP contribution in [-0.4, -0.2) is 27.8 Å². The number of halogens is 7. The van der Waals surface area contributed by atoms with E-state index in [0.717, 1.165) is 18.2 Å². The minimum atomic E-state index is -4.58. The molecule has 0 radical (unpaired) electrons. The zero-order valence-corrected chi connectivity index (χ0v) is 19.6. The molecular formula is C23H18Cl2F5N3O2. The number of alkyl halides is 6. The maximum absolute atomic E-state index is 13.0. The van der Waals surface area contributed by atoms with Gasteiger partial charge in [-0.3, -0.25) is 4.79 Å². The van der Waals surface area contributed by atoms with Crippen LogP contribution in [0.25, 0.3) is 0 Å². The van der Waals surface area contributed by atoms with Gasteiger partial charge in [-0.25, -0.2) is 18.7 Å². The molecule has 12 heteroatoms. The Kier molecular flexibility index (Phi) is 8.50. The normalized spacial score (nSPS) is 12.5. The molecule has 1 N–H and O–H groups in total. The molecule has 0 aliphatic carbocycles. The summed E-state index contributed by atoms with van der Waals surface area (Å²) in [5.74, 6) is -0.878. The van der Waals surface area contributed by atoms with Crippen molar-refractivity contribution < 1.29 is 31.5 Å². The molecular weight excluding hydrogens is 516 g/mol. The zero-order valence-electron chi connectivity index (χ0n) is 18.0. The van der Waals surface area contributed by atoms with Crippen LogP contribution in [0.5, 0.6) is 11.5 Å². The second-order valence-corrected chi connectivity index (χ2v) is 8.15. The number of hydrogen-bond donors (Lipinski definition) is 1. The van der Waals surface area contributed by atoms with E-state index in [4.69, 9.17) is 27.9 Å². The lowest BCUT2D eigenvalue weighted by molar-refractivity contribution is -0.137. The van der Waals surface area contributed by atoms with E-state index < -0.39 is 30.1 Å². The van der Waals surface area contributed by atoms with Gasteiger partial charge in [-0.05, 0) is 43.2 Å². The van der Waals surface area contributed by atoms with E-state index >= 15 is 0 Å². The van der Waals surface area contributed by atoms with Crippen LogP contribution in [-0.2, 0) is 12.6 Å². The first kappa shape index (κ1) is 26.6. The molecule has 5 nitrogen and oxygen atoms in total. The van der Waals surface area contributed by atoms with Crippen molar-refractivity contribution >= 4 is 29.1 Å². The highest BCUT2D eigenvalue weighted by Crippen LogP contribution is 2.33. The van der Waals surface area contributed by atoms with Crippen molar-refractivity contribution in [2.24, 2.45) is 0 Å². The Morgan fingerprint density at radius 3 is 2.54 bits per heavy atom. The smallest absolute Gasteiger partial charge is 0.416 e. The zero-order chi connectivity index (χ0) is 25.8. The number of aryl methyl sites for hydroxylation is 1. The number of nitrogens with one attached hydrogen (secondary N) is 1. The first-order valence-electron chi connectivity index (χ1n) is 10.1. The van der Waals surface area contributed by atoms with Crippen LogP contribution >= 0.6 is 23.2 Å². The fraction of sp³-hybridized carbons (Fsp3) is 0.261.